The molecule has 3 nitrogen and oxygen atoms in total. The molecule has 1 aromatic rings. The molecule has 1 N–H and O–H groups in total. The largest absolute Gasteiger partial charge is 0.491 e. The molecular formula is C15H17FO3. The van der Waals surface area contributed by atoms with Crippen LogP contribution in [0.4, 0.5) is 4.39 Å². The van der Waals surface area contributed by atoms with Crippen molar-refractivity contribution in [1.29, 1.82) is 0 Å². The number of hydrogen-bond acceptors (Lipinski definition) is 3. The Balaban J connectivity index is 1.73. The Labute approximate surface area is 112 Å². The van der Waals surface area contributed by atoms with E-state index < -0.39 is 0 Å². The van der Waals surface area contributed by atoms with Gasteiger partial charge in [-0.05, 0) is 37.1 Å². The maximum absolute atomic E-state index is 12.7. The zero-order chi connectivity index (χ0) is 13.5. The standard InChI is InChI=1S/C15H17FO3/c16-12-4-6-13(7-5-12)18-11-15-9-8-14(19-15)3-1-2-10-17/h4-7,14-15,17H,2,8-11H2/t14-,15+/m1/s1. The highest BCUT2D eigenvalue weighted by Crippen LogP contribution is 2.20. The summed E-state index contributed by atoms with van der Waals surface area (Å²) in [5, 5.41) is 8.63. The highest BCUT2D eigenvalue weighted by atomic mass is 19.1. The van der Waals surface area contributed by atoms with E-state index in [1.165, 1.54) is 12.1 Å². The first-order valence-electron chi connectivity index (χ1n) is 6.41. The molecule has 1 aliphatic rings. The second kappa shape index (κ2) is 7.13. The number of ether oxygens (including phenoxy) is 2. The summed E-state index contributed by atoms with van der Waals surface area (Å²) in [6, 6.07) is 5.94. The van der Waals surface area contributed by atoms with E-state index in [9.17, 15) is 4.39 Å². The molecule has 0 saturated carbocycles. The minimum Gasteiger partial charge on any atom is -0.491 e. The molecule has 1 fully saturated rings. The minimum atomic E-state index is -0.274. The number of rotatable bonds is 4. The van der Waals surface area contributed by atoms with Crippen molar-refractivity contribution in [3.8, 4) is 17.6 Å². The fraction of sp³-hybridized carbons (Fsp3) is 0.467. The molecule has 1 saturated heterocycles. The van der Waals surface area contributed by atoms with Crippen LogP contribution in [0.3, 0.4) is 0 Å². The van der Waals surface area contributed by atoms with Crippen LogP contribution in [-0.4, -0.2) is 30.5 Å². The quantitative estimate of drug-likeness (QED) is 0.847. The average molecular weight is 264 g/mol. The van der Waals surface area contributed by atoms with Gasteiger partial charge in [-0.25, -0.2) is 4.39 Å². The zero-order valence-corrected chi connectivity index (χ0v) is 10.6. The van der Waals surface area contributed by atoms with Crippen LogP contribution < -0.4 is 4.74 Å². The predicted octanol–water partition coefficient (Wildman–Crippen LogP) is 2.14. The van der Waals surface area contributed by atoms with Crippen LogP contribution in [0.15, 0.2) is 24.3 Å². The summed E-state index contributed by atoms with van der Waals surface area (Å²) < 4.78 is 24.0. The van der Waals surface area contributed by atoms with Crippen molar-refractivity contribution in [2.24, 2.45) is 0 Å². The fourth-order valence-electron chi connectivity index (χ4n) is 1.90. The summed E-state index contributed by atoms with van der Waals surface area (Å²) in [6.45, 7) is 0.528. The molecule has 0 aromatic heterocycles. The summed E-state index contributed by atoms with van der Waals surface area (Å²) >= 11 is 0. The van der Waals surface area contributed by atoms with Gasteiger partial charge < -0.3 is 14.6 Å². The molecule has 1 heterocycles. The van der Waals surface area contributed by atoms with Crippen molar-refractivity contribution in [2.75, 3.05) is 13.2 Å². The van der Waals surface area contributed by atoms with Gasteiger partial charge in [0.2, 0.25) is 0 Å². The molecular weight excluding hydrogens is 247 g/mol. The van der Waals surface area contributed by atoms with Gasteiger partial charge in [0.25, 0.3) is 0 Å². The van der Waals surface area contributed by atoms with E-state index in [1.807, 2.05) is 0 Å². The number of halogens is 1. The van der Waals surface area contributed by atoms with Crippen molar-refractivity contribution in [3.63, 3.8) is 0 Å². The third-order valence-electron chi connectivity index (χ3n) is 2.86. The topological polar surface area (TPSA) is 38.7 Å². The van der Waals surface area contributed by atoms with Crippen LogP contribution in [0.2, 0.25) is 0 Å². The number of aliphatic hydroxyl groups excluding tert-OH is 1. The Morgan fingerprint density at radius 3 is 2.84 bits per heavy atom. The van der Waals surface area contributed by atoms with Crippen LogP contribution in [0.5, 0.6) is 5.75 Å². The van der Waals surface area contributed by atoms with Crippen LogP contribution in [0.25, 0.3) is 0 Å². The van der Waals surface area contributed by atoms with E-state index in [0.717, 1.165) is 12.8 Å². The third-order valence-corrected chi connectivity index (χ3v) is 2.86. The van der Waals surface area contributed by atoms with E-state index in [2.05, 4.69) is 11.8 Å². The molecule has 19 heavy (non-hydrogen) atoms. The van der Waals surface area contributed by atoms with Crippen molar-refractivity contribution >= 4 is 0 Å². The van der Waals surface area contributed by atoms with Crippen molar-refractivity contribution in [2.45, 2.75) is 31.5 Å². The monoisotopic (exact) mass is 264 g/mol. The summed E-state index contributed by atoms with van der Waals surface area (Å²) in [5.41, 5.74) is 0. The van der Waals surface area contributed by atoms with Crippen molar-refractivity contribution in [1.82, 2.24) is 0 Å². The molecule has 0 aliphatic carbocycles. The smallest absolute Gasteiger partial charge is 0.123 e. The van der Waals surface area contributed by atoms with Gasteiger partial charge >= 0.3 is 0 Å². The fourth-order valence-corrected chi connectivity index (χ4v) is 1.90. The van der Waals surface area contributed by atoms with Crippen molar-refractivity contribution in [3.05, 3.63) is 30.1 Å². The van der Waals surface area contributed by atoms with Gasteiger partial charge in [-0.1, -0.05) is 11.8 Å². The number of aliphatic hydroxyl groups is 1. The maximum Gasteiger partial charge on any atom is 0.123 e. The van der Waals surface area contributed by atoms with Gasteiger partial charge in [-0.3, -0.25) is 0 Å². The highest BCUT2D eigenvalue weighted by molar-refractivity contribution is 5.22. The SMILES string of the molecule is OCCC#C[C@@H]1CC[C@@H](COc2ccc(F)cc2)O1. The summed E-state index contributed by atoms with van der Waals surface area (Å²) in [5.74, 6) is 6.22. The lowest BCUT2D eigenvalue weighted by Gasteiger charge is -2.12. The Morgan fingerprint density at radius 1 is 1.32 bits per heavy atom. The Hall–Kier alpha value is -1.57. The second-order valence-corrected chi connectivity index (χ2v) is 4.38. The predicted molar refractivity (Wildman–Crippen MR) is 69.3 cm³/mol. The van der Waals surface area contributed by atoms with Crippen LogP contribution >= 0.6 is 0 Å². The molecule has 1 aromatic carbocycles. The Morgan fingerprint density at radius 2 is 2.11 bits per heavy atom. The summed E-state index contributed by atoms with van der Waals surface area (Å²) in [7, 11) is 0. The number of hydrogen-bond donors (Lipinski definition) is 1. The van der Waals surface area contributed by atoms with E-state index in [-0.39, 0.29) is 24.6 Å². The van der Waals surface area contributed by atoms with Crippen molar-refractivity contribution < 1.29 is 19.0 Å². The lowest BCUT2D eigenvalue weighted by Crippen LogP contribution is -2.18. The number of benzene rings is 1. The van der Waals surface area contributed by atoms with Crippen LogP contribution in [-0.2, 0) is 4.74 Å². The molecule has 4 heteroatoms. The van der Waals surface area contributed by atoms with Gasteiger partial charge in [0, 0.05) is 6.42 Å². The molecule has 0 unspecified atom stereocenters. The lowest BCUT2D eigenvalue weighted by molar-refractivity contribution is 0.0419. The third kappa shape index (κ3) is 4.55. The van der Waals surface area contributed by atoms with Gasteiger partial charge in [0.15, 0.2) is 0 Å². The molecule has 102 valence electrons. The summed E-state index contributed by atoms with van der Waals surface area (Å²) in [4.78, 5) is 0. The normalized spacial score (nSPS) is 21.8. The molecule has 2 rings (SSSR count). The van der Waals surface area contributed by atoms with E-state index in [1.54, 1.807) is 12.1 Å². The zero-order valence-electron chi connectivity index (χ0n) is 10.6. The second-order valence-electron chi connectivity index (χ2n) is 4.38. The van der Waals surface area contributed by atoms with E-state index >= 15 is 0 Å². The summed E-state index contributed by atoms with van der Waals surface area (Å²) in [6.07, 6.45) is 2.23. The Bertz CT molecular complexity index is 447. The molecule has 0 bridgehead atoms. The Kier molecular flexibility index (Phi) is 5.20. The minimum absolute atomic E-state index is 0.0264. The first-order chi connectivity index (χ1) is 9.28. The molecule has 0 radical (unpaired) electrons. The first-order valence-corrected chi connectivity index (χ1v) is 6.41. The van der Waals surface area contributed by atoms with Gasteiger partial charge in [0.05, 0.1) is 12.7 Å². The lowest BCUT2D eigenvalue weighted by atomic mass is 10.2. The maximum atomic E-state index is 12.7. The van der Waals surface area contributed by atoms with Gasteiger partial charge in [-0.2, -0.15) is 0 Å². The van der Waals surface area contributed by atoms with Gasteiger partial charge in [0.1, 0.15) is 24.3 Å². The van der Waals surface area contributed by atoms with Crippen LogP contribution in [0.1, 0.15) is 19.3 Å². The highest BCUT2D eigenvalue weighted by Gasteiger charge is 2.24. The molecule has 0 spiro atoms. The van der Waals surface area contributed by atoms with Crippen LogP contribution in [0, 0.1) is 17.7 Å². The van der Waals surface area contributed by atoms with E-state index in [4.69, 9.17) is 14.6 Å². The molecule has 1 aliphatic heterocycles. The van der Waals surface area contributed by atoms with E-state index in [0.29, 0.717) is 18.8 Å². The first kappa shape index (κ1) is 13.9. The van der Waals surface area contributed by atoms with Gasteiger partial charge in [-0.15, -0.1) is 0 Å². The average Bonchev–Trinajstić information content (AvgIpc) is 2.86. The molecule has 2 atom stereocenters. The molecule has 0 amide bonds.